The molecule has 3 aliphatic rings. The van der Waals surface area contributed by atoms with Crippen molar-refractivity contribution in [2.24, 2.45) is 58.4 Å². The van der Waals surface area contributed by atoms with E-state index in [0.717, 1.165) is 48.5 Å². The van der Waals surface area contributed by atoms with E-state index in [1.165, 1.54) is 35.4 Å². The number of hydrogen-bond acceptors (Lipinski definition) is 23. The van der Waals surface area contributed by atoms with Gasteiger partial charge in [-0.1, -0.05) is 319 Å². The number of halogens is 1. The second kappa shape index (κ2) is 62.1. The number of imide groups is 2. The van der Waals surface area contributed by atoms with Crippen molar-refractivity contribution in [3.05, 3.63) is 333 Å². The molecule has 0 spiro atoms. The number of nitrogens with zero attached hydrogens (tertiary/aromatic N) is 3. The Morgan fingerprint density at radius 2 is 0.918 bits per heavy atom. The quantitative estimate of drug-likeness (QED) is 0.0152. The van der Waals surface area contributed by atoms with Crippen LogP contribution in [0.1, 0.15) is 261 Å². The molecule has 4 N–H and O–H groups in total. The maximum absolute atomic E-state index is 12.1. The van der Waals surface area contributed by atoms with Gasteiger partial charge in [-0.2, -0.15) is 0 Å². The molecule has 14 rings (SSSR count). The zero-order valence-corrected chi connectivity index (χ0v) is 90.7. The number of fused-ring (bicyclic) bond motifs is 3. The van der Waals surface area contributed by atoms with Crippen molar-refractivity contribution in [3.63, 3.8) is 0 Å². The number of para-hydroxylation sites is 1. The van der Waals surface area contributed by atoms with Gasteiger partial charge < -0.3 is 19.5 Å². The van der Waals surface area contributed by atoms with Crippen LogP contribution in [0.4, 0.5) is 4.79 Å². The Kier molecular flexibility index (Phi) is 52.2. The summed E-state index contributed by atoms with van der Waals surface area (Å²) < 4.78 is 61.3. The summed E-state index contributed by atoms with van der Waals surface area (Å²) in [6.07, 6.45) is 6.00. The molecule has 5 heterocycles. The van der Waals surface area contributed by atoms with E-state index >= 15 is 0 Å². The number of carbonyl (C=O) groups excluding carboxylic acids is 14. The highest BCUT2D eigenvalue weighted by atomic mass is 79.9. The van der Waals surface area contributed by atoms with Gasteiger partial charge in [-0.15, -0.1) is 0 Å². The molecular formula is C117H139BrN6O21S2. The predicted molar refractivity (Wildman–Crippen MR) is 575 cm³/mol. The highest BCUT2D eigenvalue weighted by Gasteiger charge is 2.37. The van der Waals surface area contributed by atoms with Gasteiger partial charge in [0.25, 0.3) is 17.7 Å². The van der Waals surface area contributed by atoms with Gasteiger partial charge in [-0.25, -0.2) is 31.8 Å². The maximum Gasteiger partial charge on any atom is 0.322 e. The summed E-state index contributed by atoms with van der Waals surface area (Å²) in [7, 11) is -6.75. The molecule has 27 nitrogen and oxygen atoms in total. The van der Waals surface area contributed by atoms with Gasteiger partial charge in [-0.05, 0) is 125 Å². The molecule has 2 aromatic heterocycles. The summed E-state index contributed by atoms with van der Waals surface area (Å²) >= 11 is 3.26. The van der Waals surface area contributed by atoms with E-state index in [2.05, 4.69) is 60.8 Å². The molecule has 1 atom stereocenters. The number of urea groups is 1. The molecule has 1 saturated heterocycles. The number of rotatable bonds is 32. The fourth-order valence-corrected chi connectivity index (χ4v) is 15.2. The van der Waals surface area contributed by atoms with Crippen LogP contribution in [0.5, 0.6) is 11.5 Å². The molecule has 147 heavy (non-hydrogen) atoms. The predicted octanol–water partition coefficient (Wildman–Crippen LogP) is 22.4. The number of nitrogens with one attached hydrogen (secondary N) is 2. The number of benzene rings is 9. The Hall–Kier alpha value is -13.9. The lowest BCUT2D eigenvalue weighted by molar-refractivity contribution is -0.148. The molecule has 1 fully saturated rings. The summed E-state index contributed by atoms with van der Waals surface area (Å²) in [6.45, 7) is 37.2. The second-order valence-corrected chi connectivity index (χ2v) is 42.7. The van der Waals surface area contributed by atoms with Gasteiger partial charge in [0.05, 0.1) is 44.1 Å². The van der Waals surface area contributed by atoms with E-state index in [1.807, 2.05) is 229 Å². The van der Waals surface area contributed by atoms with Crippen molar-refractivity contribution in [2.45, 2.75) is 211 Å². The molecule has 0 aliphatic carbocycles. The molecule has 782 valence electrons. The largest absolute Gasteiger partial charge is 0.461 e. The first-order valence-electron chi connectivity index (χ1n) is 48.8. The van der Waals surface area contributed by atoms with E-state index in [-0.39, 0.29) is 153 Å². The highest BCUT2D eigenvalue weighted by Crippen LogP contribution is 2.34. The van der Waals surface area contributed by atoms with Crippen molar-refractivity contribution in [2.75, 3.05) is 13.3 Å². The number of esters is 1. The Morgan fingerprint density at radius 1 is 0.442 bits per heavy atom. The topological polar surface area (TPSA) is 414 Å². The standard InChI is InChI=1S/C18H20O.C14H18O2.C13H13NO3.C13H13NO.C12H14O3.C11H14O2.C10H13NO3S.C9H10BrNO.C9H12O2S.C8H12N2O3/c1-14(2)18(19)13-17(15-9-5-3-6-10-15)16-11-7-4-8-12-16;1-11(2)13(15)9-6-10-14(16)12-7-4-3-5-8-12;1-8(2)11(15)7-14-12(16)9-5-3-4-6-10(9)13(14)17;1-9(2)13(15)12-8-7-10-5-3-4-6-11(10)14-12;1-8(2)10(13)5-9-3-4-11-12(6-9)15-7-14-11;1-9(2)11(12)13-8-10-6-4-3-5-7-10;1-7(2)10(12)8-3-5-9(6-4-8)15(11,13)14;1-6(2)9(12)7-3-8(10)5-11-4-7;1-8(2)12(10,11)9-6-4-3-5-7-9;1-4(2)6(11)3-5-7(12)10-8(13)9-5/h3-12,14,17H,13H2,1-2H3;3-5,7-8,11H,6,9-10H2,1-2H3;3-6,8H,7H2,1-2H3;3-9H,1-2H3;3-4,6,8H,5,7H2,1-2H3;3-7,9H,8H2,1-2H3;3-7H,1-2H3,(H2,11,13,14);3-6H,1-2H3;3-8H,1-2H3;4-5H,3H2,1-2H3,(H2,9,10,12,13). The van der Waals surface area contributed by atoms with Crippen molar-refractivity contribution >= 4 is 128 Å². The van der Waals surface area contributed by atoms with Gasteiger partial charge in [0.1, 0.15) is 41.5 Å². The number of pyridine rings is 2. The first-order valence-corrected chi connectivity index (χ1v) is 52.7. The van der Waals surface area contributed by atoms with E-state index in [9.17, 15) is 84.0 Å². The van der Waals surface area contributed by atoms with Crippen molar-refractivity contribution in [1.29, 1.82) is 0 Å². The molecule has 30 heteroatoms. The highest BCUT2D eigenvalue weighted by molar-refractivity contribution is 9.10. The van der Waals surface area contributed by atoms with Crippen LogP contribution in [-0.4, -0.2) is 138 Å². The smallest absolute Gasteiger partial charge is 0.322 e. The van der Waals surface area contributed by atoms with Crippen molar-refractivity contribution in [3.8, 4) is 11.5 Å². The minimum Gasteiger partial charge on any atom is -0.461 e. The summed E-state index contributed by atoms with van der Waals surface area (Å²) in [4.78, 5) is 170. The van der Waals surface area contributed by atoms with Crippen LogP contribution in [0, 0.1) is 53.3 Å². The fraction of sp³-hybridized carbons (Fsp3) is 0.350. The molecule has 9 aromatic carbocycles. The SMILES string of the molecule is CC(C)C(=O)CC(c1ccccc1)c1ccccc1.CC(C)C(=O)CC1NC(=O)NC1=O.CC(C)C(=O)CCCC(=O)c1ccccc1.CC(C)C(=O)CN1C(=O)c2ccccc2C1=O.CC(C)C(=O)Cc1ccc2c(c1)OCO2.CC(C)C(=O)OCc1ccccc1.CC(C)C(=O)c1ccc(S(N)(=O)=O)cc1.CC(C)C(=O)c1ccc2ccccc2n1.CC(C)C(=O)c1cncc(Br)c1.CC(C)S(=O)(=O)c1ccccc1. The Bertz CT molecular complexity index is 6380. The van der Waals surface area contributed by atoms with E-state index in [0.29, 0.717) is 77.3 Å². The molecule has 3 aliphatic heterocycles. The lowest BCUT2D eigenvalue weighted by atomic mass is 9.85. The average Bonchev–Trinajstić information content (AvgIpc) is 1.63. The number of sulfone groups is 1. The molecule has 5 amide bonds. The molecule has 0 saturated carbocycles. The molecule has 11 aromatic rings. The van der Waals surface area contributed by atoms with Crippen LogP contribution in [0.15, 0.2) is 288 Å². The third kappa shape index (κ3) is 42.6. The summed E-state index contributed by atoms with van der Waals surface area (Å²) in [5.41, 5.74) is 8.53. The van der Waals surface area contributed by atoms with E-state index in [4.69, 9.17) is 19.3 Å². The number of nitrogens with two attached hydrogens (primary N) is 1. The number of ketones is 9. The van der Waals surface area contributed by atoms with Gasteiger partial charge >= 0.3 is 12.0 Å². The van der Waals surface area contributed by atoms with Crippen LogP contribution in [0.3, 0.4) is 0 Å². The number of amides is 5. The lowest BCUT2D eigenvalue weighted by Gasteiger charge is -2.18. The fourth-order valence-electron chi connectivity index (χ4n) is 13.2. The van der Waals surface area contributed by atoms with Crippen LogP contribution in [0.2, 0.25) is 0 Å². The van der Waals surface area contributed by atoms with Gasteiger partial charge in [0.2, 0.25) is 16.8 Å². The Morgan fingerprint density at radius 3 is 1.39 bits per heavy atom. The monoisotopic (exact) mass is 2110 g/mol. The minimum atomic E-state index is -3.68. The number of aromatic nitrogens is 2. The second-order valence-electron chi connectivity index (χ2n) is 37.7. The molecule has 0 bridgehead atoms. The number of ether oxygens (including phenoxy) is 3. The van der Waals surface area contributed by atoms with Crippen LogP contribution >= 0.6 is 15.9 Å². The minimum absolute atomic E-state index is 0.00124. The maximum atomic E-state index is 12.1. The molecular weight excluding hydrogens is 1970 g/mol. The van der Waals surface area contributed by atoms with Crippen LogP contribution in [0.25, 0.3) is 10.9 Å². The van der Waals surface area contributed by atoms with E-state index in [1.54, 1.807) is 135 Å². The van der Waals surface area contributed by atoms with Crippen molar-refractivity contribution < 1.29 is 98.2 Å². The lowest BCUT2D eigenvalue weighted by Crippen LogP contribution is -2.36. The first kappa shape index (κ1) is 124. The average molecular weight is 2110 g/mol. The van der Waals surface area contributed by atoms with Crippen LogP contribution in [-0.2, 0) is 71.2 Å². The number of Topliss-reactive ketones (excluding diaryl/α,β-unsaturated/α-hetero) is 9. The van der Waals surface area contributed by atoms with Crippen LogP contribution < -0.4 is 25.2 Å². The number of primary sulfonamides is 1. The number of hydrogen-bond donors (Lipinski definition) is 3. The summed E-state index contributed by atoms with van der Waals surface area (Å²) in [6, 6.07) is 78.0. The Labute approximate surface area is 873 Å². The number of carbonyl (C=O) groups is 14. The molecule has 0 radical (unpaired) electrons. The van der Waals surface area contributed by atoms with Gasteiger partial charge in [0.15, 0.2) is 50.3 Å². The Balaban J connectivity index is 0.000000288. The van der Waals surface area contributed by atoms with E-state index < -0.39 is 37.8 Å². The van der Waals surface area contributed by atoms with Gasteiger partial charge in [-0.3, -0.25) is 77.5 Å². The first-order chi connectivity index (χ1) is 69.3. The van der Waals surface area contributed by atoms with Crippen molar-refractivity contribution in [1.82, 2.24) is 25.5 Å². The van der Waals surface area contributed by atoms with Gasteiger partial charge in [0, 0.05) is 124 Å². The summed E-state index contributed by atoms with van der Waals surface area (Å²) in [5, 5.41) is 10.1. The summed E-state index contributed by atoms with van der Waals surface area (Å²) in [5.74, 6) is 1.17. The molecule has 1 unspecified atom stereocenters. The third-order valence-electron chi connectivity index (χ3n) is 22.5. The normalized spacial score (nSPS) is 12.5. The zero-order valence-electron chi connectivity index (χ0n) is 87.5. The number of sulfonamides is 1. The zero-order chi connectivity index (χ0) is 110. The third-order valence-corrected chi connectivity index (χ3v) is 26.0.